The third-order valence-corrected chi connectivity index (χ3v) is 4.68. The molecule has 22 heavy (non-hydrogen) atoms. The molecule has 1 aliphatic heterocycles. The summed E-state index contributed by atoms with van der Waals surface area (Å²) in [5.41, 5.74) is 2.84. The van der Waals surface area contributed by atoms with Gasteiger partial charge in [-0.25, -0.2) is 0 Å². The monoisotopic (exact) mass is 301 g/mol. The highest BCUT2D eigenvalue weighted by molar-refractivity contribution is 5.49. The summed E-state index contributed by atoms with van der Waals surface area (Å²) >= 11 is 0. The minimum Gasteiger partial charge on any atom is -0.490 e. The molecular formula is C19H27NO2. The van der Waals surface area contributed by atoms with Gasteiger partial charge in [-0.1, -0.05) is 12.2 Å². The van der Waals surface area contributed by atoms with Gasteiger partial charge in [-0.2, -0.15) is 0 Å². The second-order valence-electron chi connectivity index (χ2n) is 6.09. The Bertz CT molecular complexity index is 538. The van der Waals surface area contributed by atoms with Crippen LogP contribution in [0.2, 0.25) is 0 Å². The fraction of sp³-hybridized carbons (Fsp3) is 0.579. The maximum Gasteiger partial charge on any atom is 0.161 e. The lowest BCUT2D eigenvalue weighted by atomic mass is 9.80. The van der Waals surface area contributed by atoms with E-state index in [9.17, 15) is 0 Å². The molecule has 0 aromatic heterocycles. The second-order valence-corrected chi connectivity index (χ2v) is 6.09. The highest BCUT2D eigenvalue weighted by Crippen LogP contribution is 2.40. The molecule has 0 unspecified atom stereocenters. The molecule has 0 spiro atoms. The van der Waals surface area contributed by atoms with Gasteiger partial charge in [-0.3, -0.25) is 0 Å². The van der Waals surface area contributed by atoms with E-state index >= 15 is 0 Å². The number of hydrogen-bond donors (Lipinski definition) is 1. The van der Waals surface area contributed by atoms with Crippen LogP contribution >= 0.6 is 0 Å². The van der Waals surface area contributed by atoms with E-state index in [0.717, 1.165) is 24.5 Å². The summed E-state index contributed by atoms with van der Waals surface area (Å²) in [5, 5.41) is 3.74. The first-order chi connectivity index (χ1) is 10.8. The van der Waals surface area contributed by atoms with Gasteiger partial charge >= 0.3 is 0 Å². The molecule has 0 saturated carbocycles. The minimum atomic E-state index is 0.448. The average Bonchev–Trinajstić information content (AvgIpc) is 2.56. The van der Waals surface area contributed by atoms with Crippen LogP contribution in [0, 0.1) is 5.92 Å². The summed E-state index contributed by atoms with van der Waals surface area (Å²) < 4.78 is 11.6. The Kier molecular flexibility index (Phi) is 5.04. The standard InChI is InChI=1S/C19H27NO2/c1-3-21-17-12-15-10-11-20-19(14-8-6-5-7-9-14)16(15)13-18(17)22-4-2/h5-6,12-14,19-20H,3-4,7-11H2,1-2H3/t14-,19-/m0/s1. The lowest BCUT2D eigenvalue weighted by Gasteiger charge is -2.34. The molecule has 1 N–H and O–H groups in total. The summed E-state index contributed by atoms with van der Waals surface area (Å²) in [6.45, 7) is 6.44. The van der Waals surface area contributed by atoms with Gasteiger partial charge in [0, 0.05) is 6.04 Å². The van der Waals surface area contributed by atoms with Crippen LogP contribution in [-0.4, -0.2) is 19.8 Å². The molecule has 3 nitrogen and oxygen atoms in total. The molecule has 0 amide bonds. The second kappa shape index (κ2) is 7.19. The highest BCUT2D eigenvalue weighted by Gasteiger charge is 2.29. The van der Waals surface area contributed by atoms with Crippen LogP contribution in [-0.2, 0) is 6.42 Å². The third-order valence-electron chi connectivity index (χ3n) is 4.68. The topological polar surface area (TPSA) is 30.5 Å². The summed E-state index contributed by atoms with van der Waals surface area (Å²) in [6, 6.07) is 4.87. The Hall–Kier alpha value is -1.48. The summed E-state index contributed by atoms with van der Waals surface area (Å²) in [6.07, 6.45) is 9.36. The molecule has 1 aromatic carbocycles. The van der Waals surface area contributed by atoms with E-state index in [1.165, 1.54) is 30.4 Å². The molecule has 3 rings (SSSR count). The Morgan fingerprint density at radius 3 is 2.55 bits per heavy atom. The van der Waals surface area contributed by atoms with Crippen LogP contribution in [0.25, 0.3) is 0 Å². The minimum absolute atomic E-state index is 0.448. The fourth-order valence-corrected chi connectivity index (χ4v) is 3.67. The van der Waals surface area contributed by atoms with Gasteiger partial charge in [-0.05, 0) is 75.3 Å². The van der Waals surface area contributed by atoms with Crippen molar-refractivity contribution in [3.05, 3.63) is 35.4 Å². The van der Waals surface area contributed by atoms with E-state index in [1.807, 2.05) is 13.8 Å². The van der Waals surface area contributed by atoms with Crippen molar-refractivity contribution >= 4 is 0 Å². The lowest BCUT2D eigenvalue weighted by molar-refractivity contribution is 0.282. The highest BCUT2D eigenvalue weighted by atomic mass is 16.5. The van der Waals surface area contributed by atoms with Gasteiger partial charge in [0.1, 0.15) is 0 Å². The van der Waals surface area contributed by atoms with Crippen molar-refractivity contribution in [1.29, 1.82) is 0 Å². The van der Waals surface area contributed by atoms with Crippen LogP contribution < -0.4 is 14.8 Å². The molecule has 0 bridgehead atoms. The maximum atomic E-state index is 5.82. The smallest absolute Gasteiger partial charge is 0.161 e. The lowest BCUT2D eigenvalue weighted by Crippen LogP contribution is -2.35. The number of hydrogen-bond acceptors (Lipinski definition) is 3. The van der Waals surface area contributed by atoms with E-state index in [0.29, 0.717) is 25.2 Å². The number of allylic oxidation sites excluding steroid dienone is 2. The number of ether oxygens (including phenoxy) is 2. The van der Waals surface area contributed by atoms with Crippen LogP contribution in [0.4, 0.5) is 0 Å². The number of fused-ring (bicyclic) bond motifs is 1. The Morgan fingerprint density at radius 1 is 1.09 bits per heavy atom. The van der Waals surface area contributed by atoms with Crippen molar-refractivity contribution in [3.8, 4) is 11.5 Å². The molecule has 1 heterocycles. The maximum absolute atomic E-state index is 5.82. The largest absolute Gasteiger partial charge is 0.490 e. The van der Waals surface area contributed by atoms with Gasteiger partial charge in [0.2, 0.25) is 0 Å². The summed E-state index contributed by atoms with van der Waals surface area (Å²) in [7, 11) is 0. The predicted molar refractivity (Wildman–Crippen MR) is 89.7 cm³/mol. The molecule has 3 heteroatoms. The van der Waals surface area contributed by atoms with Crippen molar-refractivity contribution in [2.45, 2.75) is 45.6 Å². The van der Waals surface area contributed by atoms with E-state index in [2.05, 4.69) is 29.6 Å². The van der Waals surface area contributed by atoms with Crippen molar-refractivity contribution in [2.24, 2.45) is 5.92 Å². The van der Waals surface area contributed by atoms with Crippen molar-refractivity contribution < 1.29 is 9.47 Å². The third kappa shape index (κ3) is 3.14. The first-order valence-electron chi connectivity index (χ1n) is 8.64. The van der Waals surface area contributed by atoms with Crippen molar-refractivity contribution in [3.63, 3.8) is 0 Å². The number of rotatable bonds is 5. The van der Waals surface area contributed by atoms with Crippen molar-refractivity contribution in [1.82, 2.24) is 5.32 Å². The SMILES string of the molecule is CCOc1cc2c(cc1OCC)[C@H]([C@H]1CC=CCC1)NCC2. The quantitative estimate of drug-likeness (QED) is 0.833. The van der Waals surface area contributed by atoms with E-state index in [1.54, 1.807) is 0 Å². The normalized spacial score (nSPS) is 23.9. The fourth-order valence-electron chi connectivity index (χ4n) is 3.67. The van der Waals surface area contributed by atoms with Crippen LogP contribution in [0.3, 0.4) is 0 Å². The molecule has 1 aliphatic carbocycles. The molecule has 2 atom stereocenters. The van der Waals surface area contributed by atoms with Crippen LogP contribution in [0.15, 0.2) is 24.3 Å². The molecule has 120 valence electrons. The van der Waals surface area contributed by atoms with Crippen LogP contribution in [0.5, 0.6) is 11.5 Å². The van der Waals surface area contributed by atoms with Gasteiger partial charge < -0.3 is 14.8 Å². The molecule has 0 saturated heterocycles. The number of nitrogens with one attached hydrogen (secondary N) is 1. The van der Waals surface area contributed by atoms with E-state index in [4.69, 9.17) is 9.47 Å². The first kappa shape index (κ1) is 15.4. The Labute approximate surface area is 133 Å². The van der Waals surface area contributed by atoms with E-state index < -0.39 is 0 Å². The van der Waals surface area contributed by atoms with Gasteiger partial charge in [-0.15, -0.1) is 0 Å². The van der Waals surface area contributed by atoms with Gasteiger partial charge in [0.05, 0.1) is 13.2 Å². The van der Waals surface area contributed by atoms with Crippen molar-refractivity contribution in [2.75, 3.05) is 19.8 Å². The van der Waals surface area contributed by atoms with Gasteiger partial charge in [0.25, 0.3) is 0 Å². The Balaban J connectivity index is 1.94. The van der Waals surface area contributed by atoms with Gasteiger partial charge in [0.15, 0.2) is 11.5 Å². The zero-order valence-electron chi connectivity index (χ0n) is 13.7. The van der Waals surface area contributed by atoms with E-state index in [-0.39, 0.29) is 0 Å². The Morgan fingerprint density at radius 2 is 1.86 bits per heavy atom. The van der Waals surface area contributed by atoms with Crippen LogP contribution in [0.1, 0.15) is 50.3 Å². The summed E-state index contributed by atoms with van der Waals surface area (Å²) in [4.78, 5) is 0. The zero-order chi connectivity index (χ0) is 15.4. The zero-order valence-corrected chi connectivity index (χ0v) is 13.7. The summed E-state index contributed by atoms with van der Waals surface area (Å²) in [5.74, 6) is 2.48. The number of benzene rings is 1. The first-order valence-corrected chi connectivity index (χ1v) is 8.64. The molecular weight excluding hydrogens is 274 g/mol. The molecule has 2 aliphatic rings. The average molecular weight is 301 g/mol. The molecule has 0 radical (unpaired) electrons. The molecule has 1 aromatic rings. The molecule has 0 fully saturated rings. The predicted octanol–water partition coefficient (Wildman–Crippen LogP) is 4.03.